The average Bonchev–Trinajstić information content (AvgIpc) is 2.31. The van der Waals surface area contributed by atoms with Crippen molar-refractivity contribution in [3.8, 4) is 6.07 Å². The molecule has 1 atom stereocenters. The lowest BCUT2D eigenvalue weighted by Gasteiger charge is -2.19. The van der Waals surface area contributed by atoms with Gasteiger partial charge >= 0.3 is 0 Å². The Morgan fingerprint density at radius 3 is 2.59 bits per heavy atom. The molecular weight excluding hydrogens is 212 g/mol. The lowest BCUT2D eigenvalue weighted by atomic mass is 10.0. The maximum atomic E-state index is 11.9. The highest BCUT2D eigenvalue weighted by Crippen LogP contribution is 2.11. The summed E-state index contributed by atoms with van der Waals surface area (Å²) in [6.07, 6.45) is 0.351. The van der Waals surface area contributed by atoms with E-state index in [0.717, 1.165) is 5.56 Å². The molecule has 17 heavy (non-hydrogen) atoms. The van der Waals surface area contributed by atoms with E-state index < -0.39 is 0 Å². The Balaban J connectivity index is 2.75. The molecule has 0 aromatic heterocycles. The molecule has 0 spiro atoms. The van der Waals surface area contributed by atoms with Gasteiger partial charge in [-0.3, -0.25) is 4.79 Å². The van der Waals surface area contributed by atoms with Gasteiger partial charge in [0.25, 0.3) is 0 Å². The van der Waals surface area contributed by atoms with Gasteiger partial charge in [-0.1, -0.05) is 18.2 Å². The minimum atomic E-state index is -0.381. The SMILES string of the molecule is Cc1ccc(CC(=O)N(C)C(C)C#N)cc1C. The van der Waals surface area contributed by atoms with E-state index in [1.54, 1.807) is 14.0 Å². The Kier molecular flexibility index (Phi) is 4.28. The first-order valence-electron chi connectivity index (χ1n) is 5.67. The van der Waals surface area contributed by atoms with Crippen molar-refractivity contribution in [3.05, 3.63) is 34.9 Å². The zero-order valence-corrected chi connectivity index (χ0v) is 10.8. The van der Waals surface area contributed by atoms with Gasteiger partial charge in [0.1, 0.15) is 6.04 Å². The summed E-state index contributed by atoms with van der Waals surface area (Å²) in [5, 5.41) is 8.76. The number of nitrogens with zero attached hydrogens (tertiary/aromatic N) is 2. The van der Waals surface area contributed by atoms with Crippen LogP contribution in [-0.2, 0) is 11.2 Å². The van der Waals surface area contributed by atoms with Crippen LogP contribution in [0.15, 0.2) is 18.2 Å². The molecule has 90 valence electrons. The van der Waals surface area contributed by atoms with Gasteiger partial charge in [-0.05, 0) is 37.5 Å². The molecule has 0 N–H and O–H groups in total. The molecule has 1 unspecified atom stereocenters. The van der Waals surface area contributed by atoms with Crippen LogP contribution in [0.2, 0.25) is 0 Å². The van der Waals surface area contributed by atoms with Crippen molar-refractivity contribution < 1.29 is 4.79 Å². The number of carbonyl (C=O) groups is 1. The van der Waals surface area contributed by atoms with Gasteiger partial charge in [0.2, 0.25) is 5.91 Å². The first-order chi connectivity index (χ1) is 7.95. The van der Waals surface area contributed by atoms with Crippen LogP contribution >= 0.6 is 0 Å². The molecule has 0 bridgehead atoms. The molecule has 1 rings (SSSR count). The topological polar surface area (TPSA) is 44.1 Å². The third-order valence-corrected chi connectivity index (χ3v) is 3.09. The van der Waals surface area contributed by atoms with Crippen LogP contribution in [0, 0.1) is 25.2 Å². The standard InChI is InChI=1S/C14H18N2O/c1-10-5-6-13(7-11(10)2)8-14(17)16(4)12(3)9-15/h5-7,12H,8H2,1-4H3. The van der Waals surface area contributed by atoms with E-state index in [1.165, 1.54) is 16.0 Å². The van der Waals surface area contributed by atoms with Crippen LogP contribution in [0.25, 0.3) is 0 Å². The maximum absolute atomic E-state index is 11.9. The normalized spacial score (nSPS) is 11.7. The molecule has 0 radical (unpaired) electrons. The smallest absolute Gasteiger partial charge is 0.227 e. The van der Waals surface area contributed by atoms with Crippen LogP contribution in [0.5, 0.6) is 0 Å². The summed E-state index contributed by atoms with van der Waals surface area (Å²) in [4.78, 5) is 13.4. The second-order valence-corrected chi connectivity index (χ2v) is 4.41. The molecule has 0 heterocycles. The van der Waals surface area contributed by atoms with Crippen LogP contribution in [0.1, 0.15) is 23.6 Å². The maximum Gasteiger partial charge on any atom is 0.227 e. The number of nitriles is 1. The number of amides is 1. The zero-order chi connectivity index (χ0) is 13.0. The minimum absolute atomic E-state index is 0.0256. The summed E-state index contributed by atoms with van der Waals surface area (Å²) < 4.78 is 0. The molecule has 0 saturated carbocycles. The predicted octanol–water partition coefficient (Wildman–Crippen LogP) is 2.22. The number of rotatable bonds is 3. The van der Waals surface area contributed by atoms with Gasteiger partial charge in [-0.15, -0.1) is 0 Å². The van der Waals surface area contributed by atoms with E-state index in [-0.39, 0.29) is 11.9 Å². The first-order valence-corrected chi connectivity index (χ1v) is 5.67. The van der Waals surface area contributed by atoms with Crippen LogP contribution in [0.4, 0.5) is 0 Å². The van der Waals surface area contributed by atoms with Gasteiger partial charge in [0, 0.05) is 7.05 Å². The largest absolute Gasteiger partial charge is 0.330 e. The summed E-state index contributed by atoms with van der Waals surface area (Å²) in [7, 11) is 1.66. The number of likely N-dealkylation sites (N-methyl/N-ethyl adjacent to an activating group) is 1. The van der Waals surface area contributed by atoms with Crippen molar-refractivity contribution in [3.63, 3.8) is 0 Å². The number of benzene rings is 1. The van der Waals surface area contributed by atoms with E-state index in [1.807, 2.05) is 32.0 Å². The number of aryl methyl sites for hydroxylation is 2. The fraction of sp³-hybridized carbons (Fsp3) is 0.429. The molecule has 0 aliphatic carbocycles. The molecule has 1 amide bonds. The van der Waals surface area contributed by atoms with Gasteiger partial charge < -0.3 is 4.90 Å². The van der Waals surface area contributed by atoms with Crippen molar-refractivity contribution in [2.24, 2.45) is 0 Å². The Bertz CT molecular complexity index is 460. The van der Waals surface area contributed by atoms with E-state index in [2.05, 4.69) is 6.07 Å². The monoisotopic (exact) mass is 230 g/mol. The Morgan fingerprint density at radius 1 is 1.41 bits per heavy atom. The summed E-state index contributed by atoms with van der Waals surface area (Å²) in [6.45, 7) is 5.80. The minimum Gasteiger partial charge on any atom is -0.330 e. The third-order valence-electron chi connectivity index (χ3n) is 3.09. The van der Waals surface area contributed by atoms with Crippen LogP contribution < -0.4 is 0 Å². The molecule has 1 aromatic carbocycles. The fourth-order valence-corrected chi connectivity index (χ4v) is 1.52. The van der Waals surface area contributed by atoms with Crippen molar-refractivity contribution in [1.29, 1.82) is 5.26 Å². The lowest BCUT2D eigenvalue weighted by molar-refractivity contribution is -0.130. The van der Waals surface area contributed by atoms with E-state index in [9.17, 15) is 4.79 Å². The fourth-order valence-electron chi connectivity index (χ4n) is 1.52. The second-order valence-electron chi connectivity index (χ2n) is 4.41. The number of hydrogen-bond donors (Lipinski definition) is 0. The zero-order valence-electron chi connectivity index (χ0n) is 10.8. The highest BCUT2D eigenvalue weighted by Gasteiger charge is 2.15. The van der Waals surface area contributed by atoms with Gasteiger partial charge in [0.15, 0.2) is 0 Å². The highest BCUT2D eigenvalue weighted by atomic mass is 16.2. The van der Waals surface area contributed by atoms with Crippen LogP contribution in [0.3, 0.4) is 0 Å². The number of carbonyl (C=O) groups excluding carboxylic acids is 1. The van der Waals surface area contributed by atoms with Gasteiger partial charge in [-0.25, -0.2) is 0 Å². The summed E-state index contributed by atoms with van der Waals surface area (Å²) in [5.41, 5.74) is 3.40. The van der Waals surface area contributed by atoms with Gasteiger partial charge in [-0.2, -0.15) is 5.26 Å². The number of hydrogen-bond acceptors (Lipinski definition) is 2. The molecule has 0 fully saturated rings. The first kappa shape index (κ1) is 13.2. The molecule has 0 saturated heterocycles. The molecule has 1 aromatic rings. The van der Waals surface area contributed by atoms with E-state index >= 15 is 0 Å². The molecule has 3 heteroatoms. The summed E-state index contributed by atoms with van der Waals surface area (Å²) >= 11 is 0. The summed E-state index contributed by atoms with van der Waals surface area (Å²) in [6, 6.07) is 7.69. The summed E-state index contributed by atoms with van der Waals surface area (Å²) in [5.74, 6) is -0.0256. The quantitative estimate of drug-likeness (QED) is 0.799. The predicted molar refractivity (Wildman–Crippen MR) is 67.5 cm³/mol. The average molecular weight is 230 g/mol. The molecular formula is C14H18N2O. The lowest BCUT2D eigenvalue weighted by Crippen LogP contribution is -2.35. The second kappa shape index (κ2) is 5.49. The van der Waals surface area contributed by atoms with E-state index in [4.69, 9.17) is 5.26 Å². The Morgan fingerprint density at radius 2 is 2.06 bits per heavy atom. The van der Waals surface area contributed by atoms with Crippen molar-refractivity contribution in [2.75, 3.05) is 7.05 Å². The Labute approximate surface area is 103 Å². The molecule has 0 aliphatic rings. The van der Waals surface area contributed by atoms with Crippen LogP contribution in [-0.4, -0.2) is 23.9 Å². The van der Waals surface area contributed by atoms with E-state index in [0.29, 0.717) is 6.42 Å². The van der Waals surface area contributed by atoms with Crippen molar-refractivity contribution in [2.45, 2.75) is 33.2 Å². The Hall–Kier alpha value is -1.82. The van der Waals surface area contributed by atoms with Crippen molar-refractivity contribution in [1.82, 2.24) is 4.90 Å². The molecule has 0 aliphatic heterocycles. The van der Waals surface area contributed by atoms with Gasteiger partial charge in [0.05, 0.1) is 12.5 Å². The molecule has 3 nitrogen and oxygen atoms in total. The highest BCUT2D eigenvalue weighted by molar-refractivity contribution is 5.79. The van der Waals surface area contributed by atoms with Crippen molar-refractivity contribution >= 4 is 5.91 Å². The third kappa shape index (κ3) is 3.32.